The van der Waals surface area contributed by atoms with Crippen LogP contribution in [0.4, 0.5) is 5.69 Å². The van der Waals surface area contributed by atoms with Crippen LogP contribution in [0.15, 0.2) is 18.2 Å². The van der Waals surface area contributed by atoms with Crippen molar-refractivity contribution in [2.75, 3.05) is 45.4 Å². The van der Waals surface area contributed by atoms with Crippen LogP contribution in [0.5, 0.6) is 5.75 Å². The summed E-state index contributed by atoms with van der Waals surface area (Å²) in [4.78, 5) is 2.15. The van der Waals surface area contributed by atoms with E-state index in [9.17, 15) is 5.11 Å². The van der Waals surface area contributed by atoms with E-state index in [1.54, 1.807) is 7.11 Å². The summed E-state index contributed by atoms with van der Waals surface area (Å²) in [6.45, 7) is 4.33. The van der Waals surface area contributed by atoms with Crippen LogP contribution in [0.25, 0.3) is 0 Å². The minimum Gasteiger partial charge on any atom is -0.495 e. The highest BCUT2D eigenvalue weighted by Gasteiger charge is 2.39. The summed E-state index contributed by atoms with van der Waals surface area (Å²) >= 11 is 0. The predicted octanol–water partition coefficient (Wildman–Crippen LogP) is 1.70. The first-order valence-corrected chi connectivity index (χ1v) is 6.71. The quantitative estimate of drug-likeness (QED) is 0.850. The fourth-order valence-electron chi connectivity index (χ4n) is 2.47. The molecule has 0 radical (unpaired) electrons. The van der Waals surface area contributed by atoms with E-state index in [1.165, 1.54) is 5.56 Å². The van der Waals surface area contributed by atoms with Crippen LogP contribution >= 0.6 is 0 Å². The van der Waals surface area contributed by atoms with Gasteiger partial charge in [-0.15, -0.1) is 0 Å². The van der Waals surface area contributed by atoms with Gasteiger partial charge in [-0.25, -0.2) is 0 Å². The lowest BCUT2D eigenvalue weighted by molar-refractivity contribution is -0.130. The standard InChI is InChI=1S/C15H23NO3/c1-4-12-5-6-14(18-3)13(7-12)16(2)8-15(9-17)10-19-11-15/h5-7,17H,4,8-11H2,1-3H3. The Balaban J connectivity index is 2.19. The molecule has 1 aliphatic heterocycles. The highest BCUT2D eigenvalue weighted by Crippen LogP contribution is 2.34. The van der Waals surface area contributed by atoms with Crippen molar-refractivity contribution in [3.63, 3.8) is 0 Å². The van der Waals surface area contributed by atoms with Crippen molar-refractivity contribution in [1.82, 2.24) is 0 Å². The molecule has 0 spiro atoms. The van der Waals surface area contributed by atoms with E-state index in [0.29, 0.717) is 13.2 Å². The number of aliphatic hydroxyl groups excluding tert-OH is 1. The van der Waals surface area contributed by atoms with E-state index in [4.69, 9.17) is 9.47 Å². The Hall–Kier alpha value is -1.26. The average molecular weight is 265 g/mol. The Morgan fingerprint density at radius 1 is 1.42 bits per heavy atom. The minimum absolute atomic E-state index is 0.123. The maximum absolute atomic E-state index is 9.52. The van der Waals surface area contributed by atoms with Gasteiger partial charge in [-0.2, -0.15) is 0 Å². The fourth-order valence-corrected chi connectivity index (χ4v) is 2.47. The second-order valence-electron chi connectivity index (χ2n) is 5.37. The van der Waals surface area contributed by atoms with E-state index in [2.05, 4.69) is 24.0 Å². The summed E-state index contributed by atoms with van der Waals surface area (Å²) in [5.74, 6) is 0.869. The molecule has 4 nitrogen and oxygen atoms in total. The van der Waals surface area contributed by atoms with Crippen LogP contribution < -0.4 is 9.64 Å². The number of nitrogens with zero attached hydrogens (tertiary/aromatic N) is 1. The number of hydrogen-bond acceptors (Lipinski definition) is 4. The molecule has 1 N–H and O–H groups in total. The Kier molecular flexibility index (Phi) is 4.32. The van der Waals surface area contributed by atoms with E-state index in [0.717, 1.165) is 24.4 Å². The van der Waals surface area contributed by atoms with Gasteiger partial charge < -0.3 is 19.5 Å². The summed E-state index contributed by atoms with van der Waals surface area (Å²) in [5, 5.41) is 9.52. The third kappa shape index (κ3) is 2.85. The lowest BCUT2D eigenvalue weighted by Crippen LogP contribution is -2.52. The van der Waals surface area contributed by atoms with Gasteiger partial charge in [0.2, 0.25) is 0 Å². The molecule has 106 valence electrons. The molecule has 2 rings (SSSR count). The van der Waals surface area contributed by atoms with Gasteiger partial charge in [0.15, 0.2) is 0 Å². The van der Waals surface area contributed by atoms with Crippen LogP contribution in [0.1, 0.15) is 12.5 Å². The second-order valence-corrected chi connectivity index (χ2v) is 5.37. The van der Waals surface area contributed by atoms with Crippen molar-refractivity contribution in [3.8, 4) is 5.75 Å². The molecule has 0 bridgehead atoms. The normalized spacial score (nSPS) is 16.8. The number of anilines is 1. The largest absolute Gasteiger partial charge is 0.495 e. The lowest BCUT2D eigenvalue weighted by atomic mass is 9.86. The molecular weight excluding hydrogens is 242 g/mol. The molecule has 19 heavy (non-hydrogen) atoms. The molecule has 0 atom stereocenters. The molecule has 0 aromatic heterocycles. The highest BCUT2D eigenvalue weighted by atomic mass is 16.5. The summed E-state index contributed by atoms with van der Waals surface area (Å²) in [6.07, 6.45) is 0.999. The van der Waals surface area contributed by atoms with Crippen molar-refractivity contribution >= 4 is 5.69 Å². The van der Waals surface area contributed by atoms with Gasteiger partial charge in [0.1, 0.15) is 5.75 Å². The monoisotopic (exact) mass is 265 g/mol. The molecule has 1 heterocycles. The highest BCUT2D eigenvalue weighted by molar-refractivity contribution is 5.60. The average Bonchev–Trinajstić information content (AvgIpc) is 2.41. The Morgan fingerprint density at radius 2 is 2.16 bits per heavy atom. The maximum Gasteiger partial charge on any atom is 0.142 e. The van der Waals surface area contributed by atoms with E-state index >= 15 is 0 Å². The van der Waals surface area contributed by atoms with Crippen LogP contribution in [0.3, 0.4) is 0 Å². The number of aryl methyl sites for hydroxylation is 1. The first-order chi connectivity index (χ1) is 9.14. The number of hydrogen-bond donors (Lipinski definition) is 1. The molecule has 4 heteroatoms. The van der Waals surface area contributed by atoms with Crippen LogP contribution in [0, 0.1) is 5.41 Å². The topological polar surface area (TPSA) is 41.9 Å². The molecule has 1 aliphatic rings. The van der Waals surface area contributed by atoms with Crippen molar-refractivity contribution in [2.24, 2.45) is 5.41 Å². The van der Waals surface area contributed by atoms with Crippen molar-refractivity contribution in [3.05, 3.63) is 23.8 Å². The number of benzene rings is 1. The smallest absolute Gasteiger partial charge is 0.142 e. The molecular formula is C15H23NO3. The molecule has 0 unspecified atom stereocenters. The van der Waals surface area contributed by atoms with Crippen molar-refractivity contribution < 1.29 is 14.6 Å². The number of rotatable bonds is 6. The predicted molar refractivity (Wildman–Crippen MR) is 76.0 cm³/mol. The van der Waals surface area contributed by atoms with Gasteiger partial charge in [0, 0.05) is 13.6 Å². The van der Waals surface area contributed by atoms with Gasteiger partial charge in [-0.1, -0.05) is 13.0 Å². The fraction of sp³-hybridized carbons (Fsp3) is 0.600. The number of aliphatic hydroxyl groups is 1. The maximum atomic E-state index is 9.52. The van der Waals surface area contributed by atoms with E-state index in [1.807, 2.05) is 13.1 Å². The van der Waals surface area contributed by atoms with E-state index in [-0.39, 0.29) is 12.0 Å². The van der Waals surface area contributed by atoms with Gasteiger partial charge in [-0.05, 0) is 24.1 Å². The molecule has 0 amide bonds. The Labute approximate surface area is 114 Å². The van der Waals surface area contributed by atoms with Crippen LogP contribution in [-0.4, -0.2) is 45.6 Å². The molecule has 0 saturated carbocycles. The summed E-state index contributed by atoms with van der Waals surface area (Å²) < 4.78 is 10.7. The molecule has 0 aliphatic carbocycles. The van der Waals surface area contributed by atoms with Gasteiger partial charge in [-0.3, -0.25) is 0 Å². The Bertz CT molecular complexity index is 424. The Morgan fingerprint density at radius 3 is 2.63 bits per heavy atom. The first kappa shape index (κ1) is 14.2. The zero-order valence-corrected chi connectivity index (χ0v) is 12.0. The third-order valence-corrected chi connectivity index (χ3v) is 3.79. The number of ether oxygens (including phenoxy) is 2. The second kappa shape index (κ2) is 5.80. The molecule has 1 saturated heterocycles. The molecule has 1 aromatic rings. The van der Waals surface area contributed by atoms with Gasteiger partial charge in [0.05, 0.1) is 38.0 Å². The van der Waals surface area contributed by atoms with Crippen molar-refractivity contribution in [1.29, 1.82) is 0 Å². The van der Waals surface area contributed by atoms with E-state index < -0.39 is 0 Å². The number of methoxy groups -OCH3 is 1. The third-order valence-electron chi connectivity index (χ3n) is 3.79. The van der Waals surface area contributed by atoms with Crippen molar-refractivity contribution in [2.45, 2.75) is 13.3 Å². The lowest BCUT2D eigenvalue weighted by Gasteiger charge is -2.43. The zero-order valence-electron chi connectivity index (χ0n) is 12.0. The molecule has 1 aromatic carbocycles. The summed E-state index contributed by atoms with van der Waals surface area (Å²) in [7, 11) is 3.72. The van der Waals surface area contributed by atoms with Gasteiger partial charge >= 0.3 is 0 Å². The zero-order chi connectivity index (χ0) is 13.9. The molecule has 1 fully saturated rings. The first-order valence-electron chi connectivity index (χ1n) is 6.71. The van der Waals surface area contributed by atoms with Crippen LogP contribution in [-0.2, 0) is 11.2 Å². The van der Waals surface area contributed by atoms with Crippen LogP contribution in [0.2, 0.25) is 0 Å². The minimum atomic E-state index is -0.123. The SMILES string of the molecule is CCc1ccc(OC)c(N(C)CC2(CO)COC2)c1. The summed E-state index contributed by atoms with van der Waals surface area (Å²) in [5.41, 5.74) is 2.23. The summed E-state index contributed by atoms with van der Waals surface area (Å²) in [6, 6.07) is 6.25. The van der Waals surface area contributed by atoms with Gasteiger partial charge in [0.25, 0.3) is 0 Å².